The third-order valence-electron chi connectivity index (χ3n) is 3.30. The minimum atomic E-state index is 0.516. The van der Waals surface area contributed by atoms with E-state index in [2.05, 4.69) is 16.9 Å². The maximum atomic E-state index is 5.75. The van der Waals surface area contributed by atoms with Gasteiger partial charge in [0, 0.05) is 13.1 Å². The van der Waals surface area contributed by atoms with Gasteiger partial charge in [0.05, 0.1) is 12.8 Å². The van der Waals surface area contributed by atoms with E-state index in [1.54, 1.807) is 7.11 Å². The number of ether oxygens (including phenoxy) is 1. The van der Waals surface area contributed by atoms with Crippen LogP contribution in [-0.2, 0) is 0 Å². The van der Waals surface area contributed by atoms with Crippen LogP contribution in [0.25, 0.3) is 0 Å². The van der Waals surface area contributed by atoms with Crippen LogP contribution >= 0.6 is 0 Å². The van der Waals surface area contributed by atoms with Gasteiger partial charge in [0.2, 0.25) is 5.88 Å². The van der Waals surface area contributed by atoms with Gasteiger partial charge in [-0.1, -0.05) is 12.8 Å². The van der Waals surface area contributed by atoms with Crippen LogP contribution in [-0.4, -0.2) is 25.2 Å². The number of anilines is 2. The molecule has 1 saturated carbocycles. The summed E-state index contributed by atoms with van der Waals surface area (Å²) in [6, 6.07) is 4.42. The van der Waals surface area contributed by atoms with E-state index in [1.165, 1.54) is 25.7 Å². The first-order valence-corrected chi connectivity index (χ1v) is 5.75. The largest absolute Gasteiger partial charge is 0.479 e. The zero-order valence-corrected chi connectivity index (χ0v) is 9.94. The second-order valence-electron chi connectivity index (χ2n) is 4.32. The Hall–Kier alpha value is -1.45. The predicted molar refractivity (Wildman–Crippen MR) is 65.9 cm³/mol. The fourth-order valence-electron chi connectivity index (χ4n) is 2.28. The van der Waals surface area contributed by atoms with Gasteiger partial charge < -0.3 is 15.4 Å². The van der Waals surface area contributed by atoms with Crippen LogP contribution in [0.4, 0.5) is 11.5 Å². The van der Waals surface area contributed by atoms with Crippen molar-refractivity contribution >= 4 is 11.5 Å². The highest BCUT2D eigenvalue weighted by atomic mass is 16.5. The van der Waals surface area contributed by atoms with Crippen molar-refractivity contribution in [3.63, 3.8) is 0 Å². The van der Waals surface area contributed by atoms with E-state index in [1.807, 2.05) is 12.1 Å². The quantitative estimate of drug-likeness (QED) is 0.848. The van der Waals surface area contributed by atoms with E-state index in [-0.39, 0.29) is 0 Å². The highest BCUT2D eigenvalue weighted by Gasteiger charge is 2.21. The molecular formula is C12H19N3O. The molecule has 0 aromatic carbocycles. The summed E-state index contributed by atoms with van der Waals surface area (Å²) in [6.45, 7) is 0. The highest BCUT2D eigenvalue weighted by molar-refractivity contribution is 5.54. The van der Waals surface area contributed by atoms with Gasteiger partial charge in [0.1, 0.15) is 5.82 Å². The normalized spacial score (nSPS) is 16.4. The second kappa shape index (κ2) is 4.60. The molecule has 1 aromatic rings. The summed E-state index contributed by atoms with van der Waals surface area (Å²) in [5.41, 5.74) is 6.34. The lowest BCUT2D eigenvalue weighted by Crippen LogP contribution is -2.29. The van der Waals surface area contributed by atoms with Crippen LogP contribution in [0.1, 0.15) is 25.7 Å². The molecule has 1 aliphatic rings. The monoisotopic (exact) mass is 221 g/mol. The molecule has 0 radical (unpaired) electrons. The van der Waals surface area contributed by atoms with Crippen molar-refractivity contribution < 1.29 is 4.74 Å². The van der Waals surface area contributed by atoms with E-state index < -0.39 is 0 Å². The average molecular weight is 221 g/mol. The Bertz CT molecular complexity index is 361. The lowest BCUT2D eigenvalue weighted by Gasteiger charge is -2.25. The number of nitrogens with zero attached hydrogens (tertiary/aromatic N) is 2. The van der Waals surface area contributed by atoms with Crippen molar-refractivity contribution in [1.29, 1.82) is 0 Å². The molecule has 1 fully saturated rings. The van der Waals surface area contributed by atoms with Crippen LogP contribution in [0.5, 0.6) is 5.88 Å². The van der Waals surface area contributed by atoms with Crippen LogP contribution in [0.3, 0.4) is 0 Å². The summed E-state index contributed by atoms with van der Waals surface area (Å²) in [6.07, 6.45) is 5.15. The highest BCUT2D eigenvalue weighted by Crippen LogP contribution is 2.28. The number of methoxy groups -OCH3 is 1. The van der Waals surface area contributed by atoms with Gasteiger partial charge in [-0.05, 0) is 25.0 Å². The lowest BCUT2D eigenvalue weighted by atomic mass is 10.2. The smallest absolute Gasteiger partial charge is 0.238 e. The Kier molecular flexibility index (Phi) is 3.17. The van der Waals surface area contributed by atoms with E-state index >= 15 is 0 Å². The molecule has 0 amide bonds. The summed E-state index contributed by atoms with van der Waals surface area (Å²) < 4.78 is 5.14. The lowest BCUT2D eigenvalue weighted by molar-refractivity contribution is 0.400. The Balaban J connectivity index is 2.19. The number of nitrogens with two attached hydrogens (primary N) is 1. The topological polar surface area (TPSA) is 51.4 Å². The van der Waals surface area contributed by atoms with Crippen molar-refractivity contribution in [2.45, 2.75) is 31.7 Å². The van der Waals surface area contributed by atoms with E-state index in [0.29, 0.717) is 17.6 Å². The summed E-state index contributed by atoms with van der Waals surface area (Å²) in [7, 11) is 3.69. The van der Waals surface area contributed by atoms with Crippen LogP contribution in [0.2, 0.25) is 0 Å². The summed E-state index contributed by atoms with van der Waals surface area (Å²) in [5, 5.41) is 0. The standard InChI is InChI=1S/C12H19N3O/c1-15(9-5-3-4-6-9)11-8-7-10(13)12(14-11)16-2/h7-9H,3-6,13H2,1-2H3. The van der Waals surface area contributed by atoms with E-state index in [0.717, 1.165) is 5.82 Å². The molecule has 88 valence electrons. The van der Waals surface area contributed by atoms with Gasteiger partial charge in [-0.3, -0.25) is 0 Å². The number of hydrogen-bond donors (Lipinski definition) is 1. The van der Waals surface area contributed by atoms with Crippen LogP contribution in [0, 0.1) is 0 Å². The minimum Gasteiger partial charge on any atom is -0.479 e. The zero-order valence-electron chi connectivity index (χ0n) is 9.94. The fourth-order valence-corrected chi connectivity index (χ4v) is 2.28. The molecular weight excluding hydrogens is 202 g/mol. The van der Waals surface area contributed by atoms with Crippen molar-refractivity contribution in [1.82, 2.24) is 4.98 Å². The predicted octanol–water partition coefficient (Wildman–Crippen LogP) is 2.05. The fraction of sp³-hybridized carbons (Fsp3) is 0.583. The number of pyridine rings is 1. The Morgan fingerprint density at radius 1 is 1.38 bits per heavy atom. The van der Waals surface area contributed by atoms with Crippen molar-refractivity contribution in [3.8, 4) is 5.88 Å². The van der Waals surface area contributed by atoms with Crippen molar-refractivity contribution in [2.75, 3.05) is 24.8 Å². The van der Waals surface area contributed by atoms with Gasteiger partial charge in [-0.15, -0.1) is 0 Å². The molecule has 4 heteroatoms. The Morgan fingerprint density at radius 3 is 2.69 bits per heavy atom. The Labute approximate surface area is 96.4 Å². The molecule has 2 rings (SSSR count). The first kappa shape index (κ1) is 11.0. The molecule has 0 unspecified atom stereocenters. The number of rotatable bonds is 3. The molecule has 2 N–H and O–H groups in total. The third kappa shape index (κ3) is 2.05. The number of hydrogen-bond acceptors (Lipinski definition) is 4. The summed E-state index contributed by atoms with van der Waals surface area (Å²) in [4.78, 5) is 6.65. The maximum Gasteiger partial charge on any atom is 0.238 e. The van der Waals surface area contributed by atoms with Crippen molar-refractivity contribution in [2.24, 2.45) is 0 Å². The minimum absolute atomic E-state index is 0.516. The van der Waals surface area contributed by atoms with Gasteiger partial charge in [-0.2, -0.15) is 4.98 Å². The molecule has 1 aromatic heterocycles. The van der Waals surface area contributed by atoms with Crippen LogP contribution in [0.15, 0.2) is 12.1 Å². The molecule has 1 heterocycles. The van der Waals surface area contributed by atoms with Gasteiger partial charge in [0.25, 0.3) is 0 Å². The van der Waals surface area contributed by atoms with Crippen molar-refractivity contribution in [3.05, 3.63) is 12.1 Å². The first-order valence-electron chi connectivity index (χ1n) is 5.75. The maximum absolute atomic E-state index is 5.75. The SMILES string of the molecule is COc1nc(N(C)C2CCCC2)ccc1N. The number of aromatic nitrogens is 1. The van der Waals surface area contributed by atoms with E-state index in [9.17, 15) is 0 Å². The van der Waals surface area contributed by atoms with E-state index in [4.69, 9.17) is 10.5 Å². The molecule has 0 atom stereocenters. The Morgan fingerprint density at radius 2 is 2.06 bits per heavy atom. The molecule has 0 aliphatic heterocycles. The molecule has 1 aliphatic carbocycles. The average Bonchev–Trinajstić information content (AvgIpc) is 2.82. The third-order valence-corrected chi connectivity index (χ3v) is 3.30. The molecule has 0 bridgehead atoms. The first-order chi connectivity index (χ1) is 7.72. The van der Waals surface area contributed by atoms with Crippen LogP contribution < -0.4 is 15.4 Å². The molecule has 0 saturated heterocycles. The second-order valence-corrected chi connectivity index (χ2v) is 4.32. The summed E-state index contributed by atoms with van der Waals surface area (Å²) in [5.74, 6) is 1.46. The molecule has 0 spiro atoms. The van der Waals surface area contributed by atoms with Gasteiger partial charge in [-0.25, -0.2) is 0 Å². The molecule has 16 heavy (non-hydrogen) atoms. The summed E-state index contributed by atoms with van der Waals surface area (Å²) >= 11 is 0. The van der Waals surface area contributed by atoms with Gasteiger partial charge in [0.15, 0.2) is 0 Å². The van der Waals surface area contributed by atoms with Gasteiger partial charge >= 0.3 is 0 Å². The number of nitrogen functional groups attached to an aromatic ring is 1. The molecule has 4 nitrogen and oxygen atoms in total. The zero-order chi connectivity index (χ0) is 11.5.